The average Bonchev–Trinajstić information content (AvgIpc) is 2.58. The molecule has 0 aliphatic carbocycles. The van der Waals surface area contributed by atoms with Crippen molar-refractivity contribution in [2.45, 2.75) is 19.8 Å². The van der Waals surface area contributed by atoms with Gasteiger partial charge in [-0.05, 0) is 30.9 Å². The van der Waals surface area contributed by atoms with Gasteiger partial charge in [-0.25, -0.2) is 9.97 Å². The first-order valence-corrected chi connectivity index (χ1v) is 8.08. The fourth-order valence-corrected chi connectivity index (χ4v) is 2.78. The smallest absolute Gasteiger partial charge is 0.263 e. The molecule has 0 bridgehead atoms. The molecule has 24 heavy (non-hydrogen) atoms. The van der Waals surface area contributed by atoms with Crippen LogP contribution in [-0.4, -0.2) is 33.5 Å². The molecule has 1 saturated heterocycles. The zero-order valence-corrected chi connectivity index (χ0v) is 13.9. The standard InChI is InChI=1S/C17H21N5O2/c1-12-5-8-22(9-6-12)15-10-14(18-11-19-15)20-16(23)13-4-3-7-21(2)17(13)24/h3-4,7,10-12H,5-6,8-9H2,1-2H3,(H,18,19,20,23). The van der Waals surface area contributed by atoms with Gasteiger partial charge in [0.1, 0.15) is 23.5 Å². The minimum absolute atomic E-state index is 0.0898. The Hall–Kier alpha value is -2.70. The van der Waals surface area contributed by atoms with Gasteiger partial charge in [-0.1, -0.05) is 6.92 Å². The second-order valence-corrected chi connectivity index (χ2v) is 6.22. The number of hydrogen-bond donors (Lipinski definition) is 1. The third-order valence-corrected chi connectivity index (χ3v) is 4.37. The van der Waals surface area contributed by atoms with Crippen LogP contribution in [0.25, 0.3) is 0 Å². The molecule has 0 spiro atoms. The molecule has 2 aromatic heterocycles. The second-order valence-electron chi connectivity index (χ2n) is 6.22. The SMILES string of the molecule is CC1CCN(c2cc(NC(=O)c3cccn(C)c3=O)ncn2)CC1. The zero-order valence-electron chi connectivity index (χ0n) is 13.9. The van der Waals surface area contributed by atoms with Crippen molar-refractivity contribution in [1.29, 1.82) is 0 Å². The van der Waals surface area contributed by atoms with Gasteiger partial charge < -0.3 is 14.8 Å². The Morgan fingerprint density at radius 1 is 1.29 bits per heavy atom. The number of aryl methyl sites for hydroxylation is 1. The minimum atomic E-state index is -0.465. The first-order valence-electron chi connectivity index (χ1n) is 8.08. The van der Waals surface area contributed by atoms with E-state index in [1.807, 2.05) is 0 Å². The molecule has 1 amide bonds. The van der Waals surface area contributed by atoms with Crippen LogP contribution in [0, 0.1) is 5.92 Å². The summed E-state index contributed by atoms with van der Waals surface area (Å²) in [6.07, 6.45) is 5.31. The third kappa shape index (κ3) is 3.45. The topological polar surface area (TPSA) is 80.1 Å². The van der Waals surface area contributed by atoms with Crippen molar-refractivity contribution >= 4 is 17.5 Å². The van der Waals surface area contributed by atoms with Gasteiger partial charge in [0.05, 0.1) is 0 Å². The number of aromatic nitrogens is 3. The Labute approximate surface area is 140 Å². The van der Waals surface area contributed by atoms with Gasteiger partial charge in [0.25, 0.3) is 11.5 Å². The van der Waals surface area contributed by atoms with Crippen LogP contribution >= 0.6 is 0 Å². The molecule has 3 heterocycles. The number of piperidine rings is 1. The summed E-state index contributed by atoms with van der Waals surface area (Å²) in [6, 6.07) is 4.92. The minimum Gasteiger partial charge on any atom is -0.356 e. The van der Waals surface area contributed by atoms with E-state index in [2.05, 4.69) is 27.1 Å². The maximum atomic E-state index is 12.3. The molecule has 0 aromatic carbocycles. The molecule has 1 aliphatic heterocycles. The normalized spacial score (nSPS) is 15.3. The molecule has 0 atom stereocenters. The highest BCUT2D eigenvalue weighted by Crippen LogP contribution is 2.22. The molecule has 1 N–H and O–H groups in total. The van der Waals surface area contributed by atoms with Crippen LogP contribution in [0.1, 0.15) is 30.1 Å². The van der Waals surface area contributed by atoms with Gasteiger partial charge in [0, 0.05) is 32.4 Å². The van der Waals surface area contributed by atoms with Gasteiger partial charge in [0.2, 0.25) is 0 Å². The van der Waals surface area contributed by atoms with Gasteiger partial charge in [-0.15, -0.1) is 0 Å². The molecule has 2 aromatic rings. The number of carbonyl (C=O) groups is 1. The Balaban J connectivity index is 1.76. The van der Waals surface area contributed by atoms with E-state index in [0.717, 1.165) is 37.7 Å². The lowest BCUT2D eigenvalue weighted by Crippen LogP contribution is -2.33. The average molecular weight is 327 g/mol. The second kappa shape index (κ2) is 6.82. The summed E-state index contributed by atoms with van der Waals surface area (Å²) in [7, 11) is 1.61. The van der Waals surface area contributed by atoms with E-state index < -0.39 is 5.91 Å². The van der Waals surface area contributed by atoms with E-state index in [-0.39, 0.29) is 11.1 Å². The van der Waals surface area contributed by atoms with Crippen molar-refractivity contribution in [3.63, 3.8) is 0 Å². The van der Waals surface area contributed by atoms with E-state index in [0.29, 0.717) is 5.82 Å². The largest absolute Gasteiger partial charge is 0.356 e. The molecule has 0 radical (unpaired) electrons. The summed E-state index contributed by atoms with van der Waals surface area (Å²) in [5, 5.41) is 2.68. The fourth-order valence-electron chi connectivity index (χ4n) is 2.78. The van der Waals surface area contributed by atoms with Crippen LogP contribution in [0.3, 0.4) is 0 Å². The lowest BCUT2D eigenvalue weighted by Gasteiger charge is -2.31. The predicted octanol–water partition coefficient (Wildman–Crippen LogP) is 1.66. The lowest BCUT2D eigenvalue weighted by atomic mass is 9.99. The summed E-state index contributed by atoms with van der Waals surface area (Å²) in [5.74, 6) is 1.47. The Kier molecular flexibility index (Phi) is 4.59. The van der Waals surface area contributed by atoms with Crippen LogP contribution in [-0.2, 0) is 7.05 Å². The lowest BCUT2D eigenvalue weighted by molar-refractivity contribution is 0.102. The van der Waals surface area contributed by atoms with Crippen LogP contribution in [0.2, 0.25) is 0 Å². The molecule has 7 heteroatoms. The van der Waals surface area contributed by atoms with Crippen molar-refractivity contribution in [3.05, 3.63) is 46.6 Å². The number of anilines is 2. The summed E-state index contributed by atoms with van der Waals surface area (Å²) < 4.78 is 1.37. The Morgan fingerprint density at radius 2 is 2.04 bits per heavy atom. The molecule has 7 nitrogen and oxygen atoms in total. The highest BCUT2D eigenvalue weighted by Gasteiger charge is 2.18. The molecule has 3 rings (SSSR count). The van der Waals surface area contributed by atoms with E-state index in [9.17, 15) is 9.59 Å². The van der Waals surface area contributed by atoms with Crippen molar-refractivity contribution < 1.29 is 4.79 Å². The number of amides is 1. The van der Waals surface area contributed by atoms with E-state index >= 15 is 0 Å². The summed E-state index contributed by atoms with van der Waals surface area (Å²) in [4.78, 5) is 34.9. The van der Waals surface area contributed by atoms with Gasteiger partial charge in [-0.2, -0.15) is 0 Å². The van der Waals surface area contributed by atoms with Gasteiger partial charge in [0.15, 0.2) is 0 Å². The molecule has 0 unspecified atom stereocenters. The first kappa shape index (κ1) is 16.2. The number of rotatable bonds is 3. The van der Waals surface area contributed by atoms with E-state index in [4.69, 9.17) is 0 Å². The fraction of sp³-hybridized carbons (Fsp3) is 0.412. The zero-order chi connectivity index (χ0) is 17.1. The van der Waals surface area contributed by atoms with Crippen molar-refractivity contribution in [1.82, 2.24) is 14.5 Å². The maximum Gasteiger partial charge on any atom is 0.263 e. The number of nitrogens with zero attached hydrogens (tertiary/aromatic N) is 4. The molecular formula is C17H21N5O2. The number of carbonyl (C=O) groups excluding carboxylic acids is 1. The van der Waals surface area contributed by atoms with Gasteiger partial charge >= 0.3 is 0 Å². The van der Waals surface area contributed by atoms with Crippen molar-refractivity contribution in [2.24, 2.45) is 13.0 Å². The third-order valence-electron chi connectivity index (χ3n) is 4.37. The Bertz CT molecular complexity index is 794. The molecular weight excluding hydrogens is 306 g/mol. The molecule has 126 valence electrons. The van der Waals surface area contributed by atoms with Crippen molar-refractivity contribution in [3.8, 4) is 0 Å². The maximum absolute atomic E-state index is 12.3. The monoisotopic (exact) mass is 327 g/mol. The van der Waals surface area contributed by atoms with E-state index in [1.165, 1.54) is 17.0 Å². The summed E-state index contributed by atoms with van der Waals surface area (Å²) in [6.45, 7) is 4.15. The number of pyridine rings is 1. The predicted molar refractivity (Wildman–Crippen MR) is 92.3 cm³/mol. The molecule has 1 aliphatic rings. The highest BCUT2D eigenvalue weighted by atomic mass is 16.2. The molecule has 1 fully saturated rings. The van der Waals surface area contributed by atoms with Crippen LogP contribution < -0.4 is 15.8 Å². The summed E-state index contributed by atoms with van der Waals surface area (Å²) in [5.41, 5.74) is -0.249. The van der Waals surface area contributed by atoms with E-state index in [1.54, 1.807) is 25.4 Å². The van der Waals surface area contributed by atoms with Crippen molar-refractivity contribution in [2.75, 3.05) is 23.3 Å². The first-order chi connectivity index (χ1) is 11.5. The van der Waals surface area contributed by atoms with Crippen LogP contribution in [0.5, 0.6) is 0 Å². The number of nitrogens with one attached hydrogen (secondary N) is 1. The van der Waals surface area contributed by atoms with Crippen LogP contribution in [0.4, 0.5) is 11.6 Å². The molecule has 0 saturated carbocycles. The Morgan fingerprint density at radius 3 is 2.79 bits per heavy atom. The highest BCUT2D eigenvalue weighted by molar-refractivity contribution is 6.03. The summed E-state index contributed by atoms with van der Waals surface area (Å²) >= 11 is 0. The number of hydrogen-bond acceptors (Lipinski definition) is 5. The quantitative estimate of drug-likeness (QED) is 0.927. The van der Waals surface area contributed by atoms with Gasteiger partial charge in [-0.3, -0.25) is 9.59 Å². The van der Waals surface area contributed by atoms with Crippen LogP contribution in [0.15, 0.2) is 35.5 Å².